The maximum atomic E-state index is 14.6. The third-order valence-corrected chi connectivity index (χ3v) is 3.72. The zero-order chi connectivity index (χ0) is 19.4. The van der Waals surface area contributed by atoms with E-state index in [0.717, 1.165) is 24.3 Å². The minimum absolute atomic E-state index is 0.0222. The molecule has 7 heteroatoms. The van der Waals surface area contributed by atoms with Gasteiger partial charge >= 0.3 is 0 Å². The summed E-state index contributed by atoms with van der Waals surface area (Å²) in [6, 6.07) is 14.5. The predicted octanol–water partition coefficient (Wildman–Crippen LogP) is 4.61. The van der Waals surface area contributed by atoms with E-state index >= 15 is 0 Å². The summed E-state index contributed by atoms with van der Waals surface area (Å²) in [5.74, 6) is -4.10. The van der Waals surface area contributed by atoms with Gasteiger partial charge in [0.25, 0.3) is 11.8 Å². The second-order valence-electron chi connectivity index (χ2n) is 5.57. The highest BCUT2D eigenvalue weighted by Gasteiger charge is 2.18. The molecule has 0 fully saturated rings. The van der Waals surface area contributed by atoms with Gasteiger partial charge in [0.05, 0.1) is 5.69 Å². The summed E-state index contributed by atoms with van der Waals surface area (Å²) in [5.41, 5.74) is -0.693. The Morgan fingerprint density at radius 3 is 1.93 bits per heavy atom. The van der Waals surface area contributed by atoms with Crippen molar-refractivity contribution >= 4 is 23.2 Å². The first-order valence-corrected chi connectivity index (χ1v) is 7.87. The molecule has 0 aliphatic heterocycles. The number of carbonyl (C=O) groups is 2. The Hall–Kier alpha value is -3.61. The molecule has 0 aliphatic carbocycles. The van der Waals surface area contributed by atoms with Gasteiger partial charge in [0.1, 0.15) is 17.3 Å². The number of hydrogen-bond donors (Lipinski definition) is 2. The molecule has 0 aliphatic rings. The third-order valence-electron chi connectivity index (χ3n) is 3.72. The van der Waals surface area contributed by atoms with Crippen LogP contribution >= 0.6 is 0 Å². The van der Waals surface area contributed by atoms with Crippen LogP contribution in [0, 0.1) is 17.5 Å². The molecule has 3 aromatic carbocycles. The van der Waals surface area contributed by atoms with Crippen LogP contribution in [0.4, 0.5) is 24.5 Å². The molecule has 0 aromatic heterocycles. The Morgan fingerprint density at radius 1 is 0.667 bits per heavy atom. The van der Waals surface area contributed by atoms with Crippen LogP contribution in [0.5, 0.6) is 0 Å². The Balaban J connectivity index is 1.84. The average molecular weight is 370 g/mol. The fourth-order valence-electron chi connectivity index (χ4n) is 2.33. The molecule has 0 unspecified atom stereocenters. The topological polar surface area (TPSA) is 58.2 Å². The van der Waals surface area contributed by atoms with Crippen LogP contribution in [-0.2, 0) is 0 Å². The molecule has 3 rings (SSSR count). The van der Waals surface area contributed by atoms with E-state index in [9.17, 15) is 22.8 Å². The first-order valence-electron chi connectivity index (χ1n) is 7.87. The normalized spacial score (nSPS) is 10.3. The van der Waals surface area contributed by atoms with Crippen molar-refractivity contribution in [3.63, 3.8) is 0 Å². The van der Waals surface area contributed by atoms with Crippen LogP contribution in [0.15, 0.2) is 66.7 Å². The quantitative estimate of drug-likeness (QED) is 0.705. The van der Waals surface area contributed by atoms with E-state index in [4.69, 9.17) is 0 Å². The molecule has 4 nitrogen and oxygen atoms in total. The summed E-state index contributed by atoms with van der Waals surface area (Å²) in [7, 11) is 0. The Bertz CT molecular complexity index is 990. The molecule has 136 valence electrons. The van der Waals surface area contributed by atoms with Crippen LogP contribution in [-0.4, -0.2) is 11.8 Å². The fraction of sp³-hybridized carbons (Fsp3) is 0. The first-order chi connectivity index (χ1) is 13.0. The van der Waals surface area contributed by atoms with Crippen molar-refractivity contribution in [3.05, 3.63) is 95.3 Å². The highest BCUT2D eigenvalue weighted by Crippen LogP contribution is 2.27. The zero-order valence-electron chi connectivity index (χ0n) is 13.8. The van der Waals surface area contributed by atoms with Gasteiger partial charge in [0.15, 0.2) is 5.82 Å². The van der Waals surface area contributed by atoms with Gasteiger partial charge in [-0.3, -0.25) is 9.59 Å². The second kappa shape index (κ2) is 7.74. The van der Waals surface area contributed by atoms with Crippen LogP contribution < -0.4 is 10.6 Å². The van der Waals surface area contributed by atoms with E-state index in [1.165, 1.54) is 24.3 Å². The van der Waals surface area contributed by atoms with Crippen LogP contribution in [0.2, 0.25) is 0 Å². The number of carbonyl (C=O) groups excluding carboxylic acids is 2. The number of amides is 2. The van der Waals surface area contributed by atoms with Gasteiger partial charge in [-0.1, -0.05) is 18.2 Å². The molecule has 0 saturated heterocycles. The summed E-state index contributed by atoms with van der Waals surface area (Å²) in [6.07, 6.45) is 0. The molecule has 0 saturated carbocycles. The SMILES string of the molecule is O=C(Nc1ccc(F)c(NC(=O)c2ccc(F)cc2)c1F)c1ccccc1. The molecule has 0 heterocycles. The Morgan fingerprint density at radius 2 is 1.26 bits per heavy atom. The lowest BCUT2D eigenvalue weighted by atomic mass is 10.1. The van der Waals surface area contributed by atoms with E-state index in [1.807, 2.05) is 0 Å². The van der Waals surface area contributed by atoms with Crippen LogP contribution in [0.3, 0.4) is 0 Å². The molecule has 0 spiro atoms. The third kappa shape index (κ3) is 4.14. The minimum atomic E-state index is -1.13. The first kappa shape index (κ1) is 18.2. The van der Waals surface area contributed by atoms with Crippen LogP contribution in [0.25, 0.3) is 0 Å². The number of hydrogen-bond acceptors (Lipinski definition) is 2. The smallest absolute Gasteiger partial charge is 0.255 e. The highest BCUT2D eigenvalue weighted by atomic mass is 19.1. The minimum Gasteiger partial charge on any atom is -0.319 e. The van der Waals surface area contributed by atoms with Gasteiger partial charge < -0.3 is 10.6 Å². The van der Waals surface area contributed by atoms with Gasteiger partial charge in [-0.15, -0.1) is 0 Å². The van der Waals surface area contributed by atoms with Gasteiger partial charge in [-0.25, -0.2) is 13.2 Å². The summed E-state index contributed by atoms with van der Waals surface area (Å²) in [6.45, 7) is 0. The number of anilines is 2. The number of rotatable bonds is 4. The number of halogens is 3. The highest BCUT2D eigenvalue weighted by molar-refractivity contribution is 6.06. The van der Waals surface area contributed by atoms with Crippen molar-refractivity contribution in [1.82, 2.24) is 0 Å². The largest absolute Gasteiger partial charge is 0.319 e. The molecule has 2 N–H and O–H groups in total. The molecule has 27 heavy (non-hydrogen) atoms. The van der Waals surface area contributed by atoms with Gasteiger partial charge in [-0.05, 0) is 48.5 Å². The van der Waals surface area contributed by atoms with E-state index in [1.54, 1.807) is 18.2 Å². The van der Waals surface area contributed by atoms with Crippen LogP contribution in [0.1, 0.15) is 20.7 Å². The average Bonchev–Trinajstić information content (AvgIpc) is 2.68. The lowest BCUT2D eigenvalue weighted by Gasteiger charge is -2.12. The summed E-state index contributed by atoms with van der Waals surface area (Å²) in [5, 5.41) is 4.44. The Labute approximate surface area is 152 Å². The monoisotopic (exact) mass is 370 g/mol. The molecule has 0 radical (unpaired) electrons. The molecule has 0 atom stereocenters. The maximum absolute atomic E-state index is 14.6. The predicted molar refractivity (Wildman–Crippen MR) is 95.1 cm³/mol. The lowest BCUT2D eigenvalue weighted by molar-refractivity contribution is 0.101. The molecule has 0 bridgehead atoms. The summed E-state index contributed by atoms with van der Waals surface area (Å²) in [4.78, 5) is 24.3. The van der Waals surface area contributed by atoms with Crippen molar-refractivity contribution in [2.24, 2.45) is 0 Å². The standard InChI is InChI=1S/C20H13F3N2O2/c21-14-8-6-13(7-9-14)20(27)25-18-15(22)10-11-16(17(18)23)24-19(26)12-4-2-1-3-5-12/h1-11H,(H,24,26)(H,25,27). The molecular weight excluding hydrogens is 357 g/mol. The Kier molecular flexibility index (Phi) is 5.21. The van der Waals surface area contributed by atoms with Gasteiger partial charge in [0.2, 0.25) is 0 Å². The van der Waals surface area contributed by atoms with E-state index in [-0.39, 0.29) is 16.8 Å². The fourth-order valence-corrected chi connectivity index (χ4v) is 2.33. The van der Waals surface area contributed by atoms with Gasteiger partial charge in [-0.2, -0.15) is 0 Å². The molecular formula is C20H13F3N2O2. The van der Waals surface area contributed by atoms with E-state index in [2.05, 4.69) is 10.6 Å². The van der Waals surface area contributed by atoms with Crippen molar-refractivity contribution in [2.75, 3.05) is 10.6 Å². The van der Waals surface area contributed by atoms with Crippen molar-refractivity contribution in [3.8, 4) is 0 Å². The van der Waals surface area contributed by atoms with Crippen molar-refractivity contribution < 1.29 is 22.8 Å². The summed E-state index contributed by atoms with van der Waals surface area (Å²) < 4.78 is 41.6. The summed E-state index contributed by atoms with van der Waals surface area (Å²) >= 11 is 0. The number of nitrogens with one attached hydrogen (secondary N) is 2. The number of benzene rings is 3. The zero-order valence-corrected chi connectivity index (χ0v) is 13.8. The lowest BCUT2D eigenvalue weighted by Crippen LogP contribution is -2.17. The maximum Gasteiger partial charge on any atom is 0.255 e. The van der Waals surface area contributed by atoms with E-state index in [0.29, 0.717) is 0 Å². The van der Waals surface area contributed by atoms with E-state index < -0.39 is 35.0 Å². The van der Waals surface area contributed by atoms with Crippen molar-refractivity contribution in [1.29, 1.82) is 0 Å². The van der Waals surface area contributed by atoms with Gasteiger partial charge in [0, 0.05) is 11.1 Å². The molecule has 2 amide bonds. The molecule has 3 aromatic rings. The second-order valence-corrected chi connectivity index (χ2v) is 5.57. The van der Waals surface area contributed by atoms with Crippen molar-refractivity contribution in [2.45, 2.75) is 0 Å².